The minimum absolute atomic E-state index is 0.368. The molecule has 20 heavy (non-hydrogen) atoms. The first-order valence-electron chi connectivity index (χ1n) is 7.18. The van der Waals surface area contributed by atoms with Gasteiger partial charge in [-0.05, 0) is 37.3 Å². The van der Waals surface area contributed by atoms with Gasteiger partial charge in [-0.25, -0.2) is 0 Å². The minimum atomic E-state index is 0.368. The van der Waals surface area contributed by atoms with Crippen LogP contribution in [-0.2, 0) is 0 Å². The first-order valence-corrected chi connectivity index (χ1v) is 7.18. The van der Waals surface area contributed by atoms with E-state index in [1.54, 1.807) is 7.11 Å². The van der Waals surface area contributed by atoms with Crippen LogP contribution in [0.4, 0.5) is 5.69 Å². The van der Waals surface area contributed by atoms with Crippen LogP contribution in [0.1, 0.15) is 19.3 Å². The lowest BCUT2D eigenvalue weighted by atomic mass is 9.87. The molecular weight excluding hydrogens is 250 g/mol. The summed E-state index contributed by atoms with van der Waals surface area (Å²) in [5.41, 5.74) is 7.19. The molecular formula is C16H21N3O. The molecule has 1 heterocycles. The molecule has 4 nitrogen and oxygen atoms in total. The highest BCUT2D eigenvalue weighted by molar-refractivity contribution is 5.97. The maximum atomic E-state index is 6.12. The van der Waals surface area contributed by atoms with Crippen LogP contribution in [0.3, 0.4) is 0 Å². The number of nitrogens with zero attached hydrogens (tertiary/aromatic N) is 2. The van der Waals surface area contributed by atoms with Crippen LogP contribution >= 0.6 is 0 Å². The van der Waals surface area contributed by atoms with Crippen molar-refractivity contribution in [2.45, 2.75) is 25.3 Å². The maximum absolute atomic E-state index is 6.12. The van der Waals surface area contributed by atoms with E-state index in [-0.39, 0.29) is 0 Å². The number of aliphatic imine (C=N–C) groups is 1. The Labute approximate surface area is 119 Å². The third kappa shape index (κ3) is 2.38. The van der Waals surface area contributed by atoms with Crippen molar-refractivity contribution in [2.24, 2.45) is 16.6 Å². The Morgan fingerprint density at radius 3 is 3.00 bits per heavy atom. The van der Waals surface area contributed by atoms with Gasteiger partial charge in [0.25, 0.3) is 0 Å². The van der Waals surface area contributed by atoms with Crippen LogP contribution in [-0.4, -0.2) is 25.7 Å². The van der Waals surface area contributed by atoms with Crippen LogP contribution < -0.4 is 15.4 Å². The highest BCUT2D eigenvalue weighted by Gasteiger charge is 2.33. The van der Waals surface area contributed by atoms with Gasteiger partial charge < -0.3 is 15.4 Å². The molecule has 2 aliphatic rings. The number of nitrogens with two attached hydrogens (primary N) is 1. The molecule has 2 N–H and O–H groups in total. The number of hydrogen-bond acceptors (Lipinski definition) is 4. The molecule has 1 aliphatic heterocycles. The van der Waals surface area contributed by atoms with E-state index in [1.165, 1.54) is 6.42 Å². The van der Waals surface area contributed by atoms with Crippen molar-refractivity contribution < 1.29 is 4.74 Å². The molecule has 1 aliphatic carbocycles. The van der Waals surface area contributed by atoms with Gasteiger partial charge >= 0.3 is 0 Å². The number of allylic oxidation sites excluding steroid dienone is 2. The number of guanidine groups is 1. The number of ether oxygens (including phenoxy) is 1. The van der Waals surface area contributed by atoms with E-state index < -0.39 is 0 Å². The summed E-state index contributed by atoms with van der Waals surface area (Å²) >= 11 is 0. The molecule has 106 valence electrons. The fraction of sp³-hybridized carbons (Fsp3) is 0.438. The monoisotopic (exact) mass is 271 g/mol. The quantitative estimate of drug-likeness (QED) is 0.860. The smallest absolute Gasteiger partial charge is 0.196 e. The zero-order valence-electron chi connectivity index (χ0n) is 11.8. The Bertz CT molecular complexity index is 538. The van der Waals surface area contributed by atoms with E-state index in [0.29, 0.717) is 17.9 Å². The fourth-order valence-corrected chi connectivity index (χ4v) is 3.13. The van der Waals surface area contributed by atoms with Gasteiger partial charge in [-0.3, -0.25) is 4.99 Å². The summed E-state index contributed by atoms with van der Waals surface area (Å²) < 4.78 is 5.31. The first kappa shape index (κ1) is 13.0. The normalized spacial score (nSPS) is 25.6. The topological polar surface area (TPSA) is 50.9 Å². The SMILES string of the molecule is COc1cccc(N2C(N)=NCC2C2CC=CCC2)c1. The van der Waals surface area contributed by atoms with Gasteiger partial charge in [-0.15, -0.1) is 0 Å². The van der Waals surface area contributed by atoms with Crippen LogP contribution in [0, 0.1) is 5.92 Å². The van der Waals surface area contributed by atoms with Crippen molar-refractivity contribution in [1.29, 1.82) is 0 Å². The number of methoxy groups -OCH3 is 1. The third-order valence-electron chi connectivity index (χ3n) is 4.20. The second-order valence-electron chi connectivity index (χ2n) is 5.38. The molecule has 3 rings (SSSR count). The van der Waals surface area contributed by atoms with Gasteiger partial charge in [0.2, 0.25) is 0 Å². The highest BCUT2D eigenvalue weighted by atomic mass is 16.5. The minimum Gasteiger partial charge on any atom is -0.497 e. The predicted molar refractivity (Wildman–Crippen MR) is 82.2 cm³/mol. The molecule has 0 fully saturated rings. The zero-order valence-corrected chi connectivity index (χ0v) is 11.8. The molecule has 2 atom stereocenters. The largest absolute Gasteiger partial charge is 0.497 e. The van der Waals surface area contributed by atoms with E-state index in [0.717, 1.165) is 30.8 Å². The predicted octanol–water partition coefficient (Wildman–Crippen LogP) is 2.55. The molecule has 1 aromatic carbocycles. The average molecular weight is 271 g/mol. The molecule has 0 saturated heterocycles. The summed E-state index contributed by atoms with van der Waals surface area (Å²) in [6.07, 6.45) is 8.05. The summed E-state index contributed by atoms with van der Waals surface area (Å²) in [6, 6.07) is 8.41. The Balaban J connectivity index is 1.87. The van der Waals surface area contributed by atoms with Gasteiger partial charge in [-0.1, -0.05) is 18.2 Å². The summed E-state index contributed by atoms with van der Waals surface area (Å²) in [5, 5.41) is 0. The van der Waals surface area contributed by atoms with E-state index in [4.69, 9.17) is 10.5 Å². The summed E-state index contributed by atoms with van der Waals surface area (Å²) in [5.74, 6) is 2.10. The number of hydrogen-bond donors (Lipinski definition) is 1. The van der Waals surface area contributed by atoms with Crippen molar-refractivity contribution in [1.82, 2.24) is 0 Å². The van der Waals surface area contributed by atoms with Crippen LogP contribution in [0.2, 0.25) is 0 Å². The molecule has 4 heteroatoms. The second-order valence-corrected chi connectivity index (χ2v) is 5.38. The second kappa shape index (κ2) is 5.57. The zero-order chi connectivity index (χ0) is 13.9. The molecule has 0 aromatic heterocycles. The summed E-state index contributed by atoms with van der Waals surface area (Å²) in [6.45, 7) is 0.793. The van der Waals surface area contributed by atoms with Crippen molar-refractivity contribution in [2.75, 3.05) is 18.6 Å². The van der Waals surface area contributed by atoms with Crippen LogP contribution in [0.15, 0.2) is 41.4 Å². The lowest BCUT2D eigenvalue weighted by Crippen LogP contribution is -2.45. The van der Waals surface area contributed by atoms with E-state index in [1.807, 2.05) is 18.2 Å². The lowest BCUT2D eigenvalue weighted by Gasteiger charge is -2.33. The standard InChI is InChI=1S/C16H21N3O/c1-20-14-9-5-8-13(10-14)19-15(11-18-16(19)17)12-6-3-2-4-7-12/h2-3,5,8-10,12,15H,4,6-7,11H2,1H3,(H2,17,18). The van der Waals surface area contributed by atoms with Crippen LogP contribution in [0.25, 0.3) is 0 Å². The van der Waals surface area contributed by atoms with Gasteiger partial charge in [0, 0.05) is 11.8 Å². The molecule has 0 amide bonds. The van der Waals surface area contributed by atoms with Crippen LogP contribution in [0.5, 0.6) is 5.75 Å². The number of benzene rings is 1. The van der Waals surface area contributed by atoms with Gasteiger partial charge in [0.05, 0.1) is 19.7 Å². The van der Waals surface area contributed by atoms with E-state index in [9.17, 15) is 0 Å². The summed E-state index contributed by atoms with van der Waals surface area (Å²) in [4.78, 5) is 6.63. The molecule has 2 unspecified atom stereocenters. The molecule has 0 spiro atoms. The molecule has 0 radical (unpaired) electrons. The van der Waals surface area contributed by atoms with Crippen molar-refractivity contribution in [3.05, 3.63) is 36.4 Å². The Kier molecular flexibility index (Phi) is 3.63. The number of anilines is 1. The Hall–Kier alpha value is -1.97. The van der Waals surface area contributed by atoms with Crippen molar-refractivity contribution >= 4 is 11.6 Å². The van der Waals surface area contributed by atoms with Gasteiger partial charge in [0.1, 0.15) is 5.75 Å². The lowest BCUT2D eigenvalue weighted by molar-refractivity contribution is 0.402. The van der Waals surface area contributed by atoms with E-state index in [2.05, 4.69) is 28.1 Å². The fourth-order valence-electron chi connectivity index (χ4n) is 3.13. The van der Waals surface area contributed by atoms with Crippen molar-refractivity contribution in [3.8, 4) is 5.75 Å². The molecule has 1 aromatic rings. The Morgan fingerprint density at radius 1 is 1.35 bits per heavy atom. The van der Waals surface area contributed by atoms with Gasteiger partial charge in [-0.2, -0.15) is 0 Å². The molecule has 0 bridgehead atoms. The molecule has 0 saturated carbocycles. The number of rotatable bonds is 3. The van der Waals surface area contributed by atoms with Gasteiger partial charge in [0.15, 0.2) is 5.96 Å². The average Bonchev–Trinajstić information content (AvgIpc) is 2.90. The highest BCUT2D eigenvalue weighted by Crippen LogP contribution is 2.32. The Morgan fingerprint density at radius 2 is 2.25 bits per heavy atom. The first-order chi connectivity index (χ1) is 9.79. The third-order valence-corrected chi connectivity index (χ3v) is 4.20. The van der Waals surface area contributed by atoms with Crippen molar-refractivity contribution in [3.63, 3.8) is 0 Å². The summed E-state index contributed by atoms with van der Waals surface area (Å²) in [7, 11) is 1.68. The van der Waals surface area contributed by atoms with E-state index >= 15 is 0 Å². The maximum Gasteiger partial charge on any atom is 0.196 e.